The first kappa shape index (κ1) is 13.8. The zero-order chi connectivity index (χ0) is 14.9. The minimum atomic E-state index is 0.498. The van der Waals surface area contributed by atoms with Crippen LogP contribution in [0.15, 0.2) is 36.7 Å². The van der Waals surface area contributed by atoms with Crippen molar-refractivity contribution in [3.8, 4) is 5.69 Å². The molecule has 5 nitrogen and oxygen atoms in total. The van der Waals surface area contributed by atoms with Crippen molar-refractivity contribution >= 4 is 5.69 Å². The molecule has 4 atom stereocenters. The van der Waals surface area contributed by atoms with E-state index >= 15 is 0 Å². The Morgan fingerprint density at radius 2 is 1.82 bits per heavy atom. The second kappa shape index (κ2) is 5.72. The predicted octanol–water partition coefficient (Wildman–Crippen LogP) is 2.88. The van der Waals surface area contributed by atoms with Gasteiger partial charge in [-0.3, -0.25) is 0 Å². The summed E-state index contributed by atoms with van der Waals surface area (Å²) in [6.45, 7) is 0. The topological polar surface area (TPSA) is 52.0 Å². The van der Waals surface area contributed by atoms with Gasteiger partial charge in [0.05, 0.1) is 24.2 Å². The monoisotopic (exact) mass is 298 g/mol. The van der Waals surface area contributed by atoms with Gasteiger partial charge in [-0.15, -0.1) is 5.10 Å². The molecule has 1 heterocycles. The first-order valence-electron chi connectivity index (χ1n) is 8.08. The molecule has 0 amide bonds. The summed E-state index contributed by atoms with van der Waals surface area (Å²) in [5.41, 5.74) is 2.23. The van der Waals surface area contributed by atoms with Crippen LogP contribution in [0.5, 0.6) is 0 Å². The number of aromatic nitrogens is 3. The average molecular weight is 298 g/mol. The van der Waals surface area contributed by atoms with Gasteiger partial charge in [0.2, 0.25) is 0 Å². The number of benzene rings is 1. The molecule has 2 saturated carbocycles. The van der Waals surface area contributed by atoms with Crippen LogP contribution in [-0.2, 0) is 4.74 Å². The van der Waals surface area contributed by atoms with Crippen LogP contribution < -0.4 is 5.32 Å². The zero-order valence-corrected chi connectivity index (χ0v) is 12.9. The molecule has 22 heavy (non-hydrogen) atoms. The van der Waals surface area contributed by atoms with E-state index in [2.05, 4.69) is 39.9 Å². The average Bonchev–Trinajstić information content (AvgIpc) is 3.23. The van der Waals surface area contributed by atoms with Crippen molar-refractivity contribution in [3.63, 3.8) is 0 Å². The number of anilines is 1. The lowest BCUT2D eigenvalue weighted by molar-refractivity contribution is 0.101. The van der Waals surface area contributed by atoms with Crippen molar-refractivity contribution in [3.05, 3.63) is 36.7 Å². The lowest BCUT2D eigenvalue weighted by Gasteiger charge is -2.17. The highest BCUT2D eigenvalue weighted by Gasteiger charge is 2.41. The smallest absolute Gasteiger partial charge is 0.0697 e. The molecule has 2 aromatic rings. The Balaban J connectivity index is 1.37. The fourth-order valence-electron chi connectivity index (χ4n) is 4.16. The van der Waals surface area contributed by atoms with Crippen LogP contribution in [0, 0.1) is 11.8 Å². The molecule has 5 heteroatoms. The summed E-state index contributed by atoms with van der Waals surface area (Å²) < 4.78 is 7.29. The molecule has 0 radical (unpaired) electrons. The van der Waals surface area contributed by atoms with Gasteiger partial charge in [-0.25, -0.2) is 4.68 Å². The molecule has 0 bridgehead atoms. The Kier molecular flexibility index (Phi) is 3.58. The quantitative estimate of drug-likeness (QED) is 0.943. The molecule has 2 fully saturated rings. The minimum absolute atomic E-state index is 0.498. The van der Waals surface area contributed by atoms with E-state index in [-0.39, 0.29) is 0 Å². The third-order valence-corrected chi connectivity index (χ3v) is 5.23. The van der Waals surface area contributed by atoms with Crippen molar-refractivity contribution in [2.45, 2.75) is 37.8 Å². The maximum atomic E-state index is 5.52. The maximum Gasteiger partial charge on any atom is 0.0697 e. The van der Waals surface area contributed by atoms with E-state index in [1.807, 2.05) is 13.3 Å². The summed E-state index contributed by atoms with van der Waals surface area (Å²) in [7, 11) is 1.85. The second-order valence-electron chi connectivity index (χ2n) is 6.56. The fraction of sp³-hybridized carbons (Fsp3) is 0.529. The molecule has 2 aliphatic carbocycles. The van der Waals surface area contributed by atoms with E-state index in [1.165, 1.54) is 31.4 Å². The molecular weight excluding hydrogens is 276 g/mol. The number of fused-ring (bicyclic) bond motifs is 1. The summed E-state index contributed by atoms with van der Waals surface area (Å²) in [5.74, 6) is 1.69. The van der Waals surface area contributed by atoms with E-state index < -0.39 is 0 Å². The molecule has 116 valence electrons. The molecule has 2 aliphatic rings. The summed E-state index contributed by atoms with van der Waals surface area (Å²) in [6, 6.07) is 9.01. The number of hydrogen-bond acceptors (Lipinski definition) is 4. The van der Waals surface area contributed by atoms with Crippen molar-refractivity contribution < 1.29 is 4.74 Å². The van der Waals surface area contributed by atoms with Crippen LogP contribution in [0.4, 0.5) is 5.69 Å². The Bertz CT molecular complexity index is 596. The first-order valence-corrected chi connectivity index (χ1v) is 8.08. The Morgan fingerprint density at radius 1 is 1.09 bits per heavy atom. The third-order valence-electron chi connectivity index (χ3n) is 5.23. The second-order valence-corrected chi connectivity index (χ2v) is 6.56. The molecule has 4 rings (SSSR count). The van der Waals surface area contributed by atoms with Gasteiger partial charge < -0.3 is 10.1 Å². The molecule has 0 saturated heterocycles. The number of nitrogens with zero attached hydrogens (tertiary/aromatic N) is 3. The van der Waals surface area contributed by atoms with Gasteiger partial charge in [0.1, 0.15) is 0 Å². The molecule has 0 spiro atoms. The van der Waals surface area contributed by atoms with Crippen LogP contribution in [0.2, 0.25) is 0 Å². The van der Waals surface area contributed by atoms with Crippen molar-refractivity contribution in [1.29, 1.82) is 0 Å². The highest BCUT2D eigenvalue weighted by Crippen LogP contribution is 2.45. The lowest BCUT2D eigenvalue weighted by atomic mass is 10.0. The van der Waals surface area contributed by atoms with E-state index in [1.54, 1.807) is 10.9 Å². The number of ether oxygens (including phenoxy) is 1. The summed E-state index contributed by atoms with van der Waals surface area (Å²) in [4.78, 5) is 0. The maximum absolute atomic E-state index is 5.52. The van der Waals surface area contributed by atoms with Crippen LogP contribution in [-0.4, -0.2) is 34.2 Å². The van der Waals surface area contributed by atoms with Crippen molar-refractivity contribution in [2.75, 3.05) is 12.4 Å². The molecular formula is C17H22N4O. The summed E-state index contributed by atoms with van der Waals surface area (Å²) in [5, 5.41) is 11.5. The van der Waals surface area contributed by atoms with Crippen LogP contribution in [0.25, 0.3) is 5.69 Å². The lowest BCUT2D eigenvalue weighted by Crippen LogP contribution is -2.18. The van der Waals surface area contributed by atoms with E-state index in [9.17, 15) is 0 Å². The minimum Gasteiger partial charge on any atom is -0.382 e. The SMILES string of the molecule is COC1C[C@H]2CC(Nc3ccc(-n4ccnn4)cc3)C[C@H]2C1. The largest absolute Gasteiger partial charge is 0.382 e. The third kappa shape index (κ3) is 2.61. The van der Waals surface area contributed by atoms with Crippen molar-refractivity contribution in [1.82, 2.24) is 15.0 Å². The van der Waals surface area contributed by atoms with Crippen LogP contribution >= 0.6 is 0 Å². The standard InChI is InChI=1S/C17H22N4O/c1-22-17-10-12-8-15(9-13(12)11-17)19-14-2-4-16(5-3-14)21-7-6-18-20-21/h2-7,12-13,15,17,19H,8-11H2,1H3/t12-,13+,15?,17?. The van der Waals surface area contributed by atoms with E-state index in [4.69, 9.17) is 4.74 Å². The van der Waals surface area contributed by atoms with E-state index in [0.717, 1.165) is 17.5 Å². The van der Waals surface area contributed by atoms with Crippen molar-refractivity contribution in [2.24, 2.45) is 11.8 Å². The number of methoxy groups -OCH3 is 1. The normalized spacial score (nSPS) is 30.4. The molecule has 1 N–H and O–H groups in total. The molecule has 2 unspecified atom stereocenters. The van der Waals surface area contributed by atoms with Gasteiger partial charge in [0.25, 0.3) is 0 Å². The summed E-state index contributed by atoms with van der Waals surface area (Å²) in [6.07, 6.45) is 9.07. The zero-order valence-electron chi connectivity index (χ0n) is 12.9. The summed E-state index contributed by atoms with van der Waals surface area (Å²) >= 11 is 0. The Morgan fingerprint density at radius 3 is 2.41 bits per heavy atom. The highest BCUT2D eigenvalue weighted by molar-refractivity contribution is 5.49. The molecule has 1 aromatic carbocycles. The Hall–Kier alpha value is -1.88. The van der Waals surface area contributed by atoms with Gasteiger partial charge in [0, 0.05) is 18.8 Å². The van der Waals surface area contributed by atoms with Gasteiger partial charge in [-0.05, 0) is 61.8 Å². The van der Waals surface area contributed by atoms with Crippen LogP contribution in [0.1, 0.15) is 25.7 Å². The van der Waals surface area contributed by atoms with Gasteiger partial charge in [-0.2, -0.15) is 0 Å². The Labute approximate surface area is 130 Å². The fourth-order valence-corrected chi connectivity index (χ4v) is 4.16. The first-order chi connectivity index (χ1) is 10.8. The number of rotatable bonds is 4. The van der Waals surface area contributed by atoms with Gasteiger partial charge >= 0.3 is 0 Å². The van der Waals surface area contributed by atoms with E-state index in [0.29, 0.717) is 12.1 Å². The number of hydrogen-bond donors (Lipinski definition) is 1. The molecule has 0 aliphatic heterocycles. The van der Waals surface area contributed by atoms with Crippen LogP contribution in [0.3, 0.4) is 0 Å². The highest BCUT2D eigenvalue weighted by atomic mass is 16.5. The predicted molar refractivity (Wildman–Crippen MR) is 85.0 cm³/mol. The van der Waals surface area contributed by atoms with Gasteiger partial charge in [-0.1, -0.05) is 5.21 Å². The van der Waals surface area contributed by atoms with Gasteiger partial charge in [0.15, 0.2) is 0 Å². The molecule has 1 aromatic heterocycles. The number of nitrogens with one attached hydrogen (secondary N) is 1.